The van der Waals surface area contributed by atoms with Crippen LogP contribution in [-0.2, 0) is 0 Å². The monoisotopic (exact) mass is 242 g/mol. The van der Waals surface area contributed by atoms with Gasteiger partial charge in [-0.1, -0.05) is 34.1 Å². The number of rotatable bonds is 3. The van der Waals surface area contributed by atoms with Gasteiger partial charge in [0.2, 0.25) is 0 Å². The number of para-hydroxylation sites is 1. The Morgan fingerprint density at radius 2 is 1.85 bits per heavy atom. The lowest BCUT2D eigenvalue weighted by Crippen LogP contribution is -2.14. The first-order chi connectivity index (χ1) is 6.15. The van der Waals surface area contributed by atoms with Crippen molar-refractivity contribution >= 4 is 15.9 Å². The van der Waals surface area contributed by atoms with Gasteiger partial charge in [0, 0.05) is 5.33 Å². The van der Waals surface area contributed by atoms with Crippen LogP contribution in [0.15, 0.2) is 18.2 Å². The van der Waals surface area contributed by atoms with Crippen molar-refractivity contribution in [2.75, 3.05) is 5.33 Å². The van der Waals surface area contributed by atoms with E-state index < -0.39 is 0 Å². The average Bonchev–Trinajstić information content (AvgIpc) is 2.11. The highest BCUT2D eigenvalue weighted by atomic mass is 79.9. The molecule has 1 atom stereocenters. The lowest BCUT2D eigenvalue weighted by atomic mass is 10.1. The molecule has 0 aliphatic carbocycles. The lowest BCUT2D eigenvalue weighted by Gasteiger charge is -2.16. The number of hydrogen-bond acceptors (Lipinski definition) is 1. The molecule has 0 aliphatic heterocycles. The van der Waals surface area contributed by atoms with Gasteiger partial charge in [-0.15, -0.1) is 0 Å². The van der Waals surface area contributed by atoms with E-state index in [1.165, 1.54) is 11.1 Å². The van der Waals surface area contributed by atoms with Crippen LogP contribution in [0, 0.1) is 13.8 Å². The smallest absolute Gasteiger partial charge is 0.125 e. The van der Waals surface area contributed by atoms with E-state index in [-0.39, 0.29) is 6.10 Å². The van der Waals surface area contributed by atoms with Gasteiger partial charge in [-0.05, 0) is 31.9 Å². The van der Waals surface area contributed by atoms with Crippen LogP contribution in [0.25, 0.3) is 0 Å². The van der Waals surface area contributed by atoms with Crippen LogP contribution in [-0.4, -0.2) is 11.4 Å². The summed E-state index contributed by atoms with van der Waals surface area (Å²) < 4.78 is 5.78. The third-order valence-corrected chi connectivity index (χ3v) is 2.86. The minimum Gasteiger partial charge on any atom is -0.489 e. The highest BCUT2D eigenvalue weighted by molar-refractivity contribution is 9.09. The number of hydrogen-bond donors (Lipinski definition) is 0. The highest BCUT2D eigenvalue weighted by Gasteiger charge is 2.06. The molecule has 1 rings (SSSR count). The molecule has 0 saturated heterocycles. The number of aryl methyl sites for hydroxylation is 2. The first kappa shape index (κ1) is 10.6. The molecule has 0 aromatic heterocycles. The summed E-state index contributed by atoms with van der Waals surface area (Å²) in [5.41, 5.74) is 2.40. The second kappa shape index (κ2) is 4.66. The molecule has 0 amide bonds. The highest BCUT2D eigenvalue weighted by Crippen LogP contribution is 2.23. The number of benzene rings is 1. The maximum absolute atomic E-state index is 5.78. The van der Waals surface area contributed by atoms with Crippen LogP contribution < -0.4 is 4.74 Å². The van der Waals surface area contributed by atoms with Crippen molar-refractivity contribution in [3.63, 3.8) is 0 Å². The number of halogens is 1. The Kier molecular flexibility index (Phi) is 3.79. The Hall–Kier alpha value is -0.500. The van der Waals surface area contributed by atoms with E-state index in [1.54, 1.807) is 0 Å². The topological polar surface area (TPSA) is 9.23 Å². The summed E-state index contributed by atoms with van der Waals surface area (Å²) >= 11 is 3.40. The molecule has 0 spiro atoms. The SMILES string of the molecule is Cc1cccc(C)c1OC(C)CBr. The second-order valence-corrected chi connectivity index (χ2v) is 3.95. The standard InChI is InChI=1S/C11H15BrO/c1-8-5-4-6-9(2)11(8)13-10(3)7-12/h4-6,10H,7H2,1-3H3. The molecule has 0 bridgehead atoms. The molecule has 13 heavy (non-hydrogen) atoms. The maximum Gasteiger partial charge on any atom is 0.125 e. The van der Waals surface area contributed by atoms with E-state index >= 15 is 0 Å². The Bertz CT molecular complexity index is 263. The van der Waals surface area contributed by atoms with Crippen molar-refractivity contribution in [3.8, 4) is 5.75 Å². The van der Waals surface area contributed by atoms with Gasteiger partial charge >= 0.3 is 0 Å². The number of ether oxygens (including phenoxy) is 1. The van der Waals surface area contributed by atoms with Crippen molar-refractivity contribution in [1.82, 2.24) is 0 Å². The van der Waals surface area contributed by atoms with Crippen molar-refractivity contribution in [1.29, 1.82) is 0 Å². The normalized spacial score (nSPS) is 12.6. The predicted molar refractivity (Wildman–Crippen MR) is 59.8 cm³/mol. The Morgan fingerprint density at radius 1 is 1.31 bits per heavy atom. The van der Waals surface area contributed by atoms with Crippen LogP contribution in [0.5, 0.6) is 5.75 Å². The lowest BCUT2D eigenvalue weighted by molar-refractivity contribution is 0.245. The summed E-state index contributed by atoms with van der Waals surface area (Å²) in [6, 6.07) is 6.20. The minimum atomic E-state index is 0.222. The van der Waals surface area contributed by atoms with E-state index in [0.717, 1.165) is 11.1 Å². The molecule has 72 valence electrons. The van der Waals surface area contributed by atoms with Gasteiger partial charge in [-0.3, -0.25) is 0 Å². The molecule has 1 unspecified atom stereocenters. The van der Waals surface area contributed by atoms with Gasteiger partial charge in [-0.25, -0.2) is 0 Å². The van der Waals surface area contributed by atoms with Crippen molar-refractivity contribution in [3.05, 3.63) is 29.3 Å². The van der Waals surface area contributed by atoms with E-state index in [4.69, 9.17) is 4.74 Å². The average molecular weight is 243 g/mol. The van der Waals surface area contributed by atoms with Gasteiger partial charge in [0.1, 0.15) is 11.9 Å². The molecule has 0 aliphatic rings. The van der Waals surface area contributed by atoms with E-state index in [9.17, 15) is 0 Å². The largest absolute Gasteiger partial charge is 0.489 e. The fraction of sp³-hybridized carbons (Fsp3) is 0.455. The molecule has 2 heteroatoms. The fourth-order valence-electron chi connectivity index (χ4n) is 1.22. The van der Waals surface area contributed by atoms with E-state index in [0.29, 0.717) is 0 Å². The van der Waals surface area contributed by atoms with Crippen LogP contribution in [0.2, 0.25) is 0 Å². The first-order valence-corrected chi connectivity index (χ1v) is 5.56. The van der Waals surface area contributed by atoms with Gasteiger partial charge in [0.15, 0.2) is 0 Å². The van der Waals surface area contributed by atoms with Gasteiger partial charge in [-0.2, -0.15) is 0 Å². The van der Waals surface area contributed by atoms with Crippen LogP contribution in [0.4, 0.5) is 0 Å². The quantitative estimate of drug-likeness (QED) is 0.738. The number of alkyl halides is 1. The molecule has 1 nitrogen and oxygen atoms in total. The fourth-order valence-corrected chi connectivity index (χ4v) is 1.35. The molecule has 0 N–H and O–H groups in total. The van der Waals surface area contributed by atoms with Gasteiger partial charge in [0.05, 0.1) is 0 Å². The molecular weight excluding hydrogens is 228 g/mol. The zero-order chi connectivity index (χ0) is 9.84. The summed E-state index contributed by atoms with van der Waals surface area (Å²) in [5, 5.41) is 0.862. The molecule has 0 heterocycles. The molecule has 0 saturated carbocycles. The summed E-state index contributed by atoms with van der Waals surface area (Å²) in [7, 11) is 0. The molecule has 1 aromatic carbocycles. The third kappa shape index (κ3) is 2.73. The zero-order valence-electron chi connectivity index (χ0n) is 8.30. The first-order valence-electron chi connectivity index (χ1n) is 4.44. The summed E-state index contributed by atoms with van der Waals surface area (Å²) in [6.07, 6.45) is 0.222. The Labute approximate surface area is 88.2 Å². The van der Waals surface area contributed by atoms with Crippen molar-refractivity contribution in [2.45, 2.75) is 26.9 Å². The molecule has 1 aromatic rings. The van der Waals surface area contributed by atoms with Crippen molar-refractivity contribution in [2.24, 2.45) is 0 Å². The van der Waals surface area contributed by atoms with E-state index in [2.05, 4.69) is 54.9 Å². The van der Waals surface area contributed by atoms with E-state index in [1.807, 2.05) is 0 Å². The summed E-state index contributed by atoms with van der Waals surface area (Å²) in [6.45, 7) is 6.20. The van der Waals surface area contributed by atoms with Crippen LogP contribution >= 0.6 is 15.9 Å². The second-order valence-electron chi connectivity index (χ2n) is 3.30. The molecular formula is C11H15BrO. The Morgan fingerprint density at radius 3 is 2.31 bits per heavy atom. The van der Waals surface area contributed by atoms with Gasteiger partial charge in [0.25, 0.3) is 0 Å². The van der Waals surface area contributed by atoms with Crippen molar-refractivity contribution < 1.29 is 4.74 Å². The van der Waals surface area contributed by atoms with Crippen LogP contribution in [0.3, 0.4) is 0 Å². The summed E-state index contributed by atoms with van der Waals surface area (Å²) in [5.74, 6) is 1.02. The zero-order valence-corrected chi connectivity index (χ0v) is 9.89. The van der Waals surface area contributed by atoms with Gasteiger partial charge < -0.3 is 4.74 Å². The third-order valence-electron chi connectivity index (χ3n) is 1.95. The molecule has 0 fully saturated rings. The Balaban J connectivity index is 2.87. The summed E-state index contributed by atoms with van der Waals surface area (Å²) in [4.78, 5) is 0. The maximum atomic E-state index is 5.78. The predicted octanol–water partition coefficient (Wildman–Crippen LogP) is 3.47. The minimum absolute atomic E-state index is 0.222. The molecule has 0 radical (unpaired) electrons. The van der Waals surface area contributed by atoms with Crippen LogP contribution in [0.1, 0.15) is 18.1 Å².